The molecule has 0 radical (unpaired) electrons. The Morgan fingerprint density at radius 2 is 1.20 bits per heavy atom. The van der Waals surface area contributed by atoms with E-state index in [1.807, 2.05) is 27.2 Å². The van der Waals surface area contributed by atoms with E-state index in [9.17, 15) is 19.0 Å². The maximum Gasteiger partial charge on any atom is 0.306 e. The van der Waals surface area contributed by atoms with Gasteiger partial charge in [0.2, 0.25) is 0 Å². The first-order valence-corrected chi connectivity index (χ1v) is 22.9. The van der Waals surface area contributed by atoms with Crippen LogP contribution in [0.3, 0.4) is 0 Å². The fourth-order valence-corrected chi connectivity index (χ4v) is 6.54. The monoisotopic (exact) mass is 796 g/mol. The molecule has 1 aliphatic heterocycles. The Balaban J connectivity index is 2.32. The number of phosphoric acid groups is 1. The largest absolute Gasteiger partial charge is 0.756 e. The highest BCUT2D eigenvalue weighted by Crippen LogP contribution is 2.38. The summed E-state index contributed by atoms with van der Waals surface area (Å²) in [5.41, 5.74) is 0. The van der Waals surface area contributed by atoms with E-state index in [4.69, 9.17) is 23.3 Å². The third-order valence-corrected chi connectivity index (χ3v) is 10.3. The van der Waals surface area contributed by atoms with Gasteiger partial charge in [-0.05, 0) is 51.4 Å². The molecule has 0 bridgehead atoms. The Morgan fingerprint density at radius 1 is 0.673 bits per heavy atom. The van der Waals surface area contributed by atoms with Crippen LogP contribution in [0.4, 0.5) is 0 Å². The predicted octanol–water partition coefficient (Wildman–Crippen LogP) is 10.3. The van der Waals surface area contributed by atoms with Crippen molar-refractivity contribution in [2.75, 3.05) is 47.5 Å². The zero-order valence-electron chi connectivity index (χ0n) is 35.3. The zero-order chi connectivity index (χ0) is 40.5. The van der Waals surface area contributed by atoms with Gasteiger partial charge in [-0.1, -0.05) is 140 Å². The maximum atomic E-state index is 12.6. The number of ether oxygens (including phenoxy) is 3. The number of carbonyl (C=O) groups is 2. The third-order valence-electron chi connectivity index (χ3n) is 9.34. The number of esters is 2. The smallest absolute Gasteiger partial charge is 0.306 e. The first-order chi connectivity index (χ1) is 26.5. The van der Waals surface area contributed by atoms with E-state index in [1.165, 1.54) is 64.2 Å². The standard InChI is InChI=1S/C44H78NO9P/c1-6-8-9-10-11-12-13-15-19-22-25-28-31-34-43(46)50-38-40(39-52-55(48,49)51-37-36-45(3,4)5)53-44(47)35-32-29-26-23-20-17-14-16-18-21-24-27-30-33-42-41(7-2)54-42/h14,17-18,21,23,26-27,30,40-42H,6-13,15-16,19-20,22,24-25,28-29,31-39H2,1-5H3/b17-14-,21-18-,26-23-,30-27-/t40-,41+,42-/m1/s1. The van der Waals surface area contributed by atoms with E-state index in [-0.39, 0.29) is 26.1 Å². The van der Waals surface area contributed by atoms with Gasteiger partial charge in [0, 0.05) is 12.8 Å². The fraction of sp³-hybridized carbons (Fsp3) is 0.773. The molecule has 1 heterocycles. The van der Waals surface area contributed by atoms with Crippen molar-refractivity contribution in [3.8, 4) is 0 Å². The molecule has 0 aromatic rings. The summed E-state index contributed by atoms with van der Waals surface area (Å²) in [4.78, 5) is 37.5. The number of phosphoric ester groups is 1. The molecule has 0 aromatic carbocycles. The summed E-state index contributed by atoms with van der Waals surface area (Å²) < 4.78 is 39.3. The molecule has 0 spiro atoms. The number of rotatable bonds is 37. The van der Waals surface area contributed by atoms with E-state index < -0.39 is 32.5 Å². The highest BCUT2D eigenvalue weighted by Gasteiger charge is 2.35. The minimum absolute atomic E-state index is 0.0440. The van der Waals surface area contributed by atoms with Gasteiger partial charge < -0.3 is 32.6 Å². The van der Waals surface area contributed by atoms with Gasteiger partial charge >= 0.3 is 11.9 Å². The van der Waals surface area contributed by atoms with Crippen LogP contribution in [-0.2, 0) is 37.4 Å². The zero-order valence-corrected chi connectivity index (χ0v) is 36.2. The number of epoxide rings is 1. The lowest BCUT2D eigenvalue weighted by atomic mass is 10.0. The fourth-order valence-electron chi connectivity index (χ4n) is 5.82. The molecule has 10 nitrogen and oxygen atoms in total. The second-order valence-electron chi connectivity index (χ2n) is 15.7. The van der Waals surface area contributed by atoms with Crippen LogP contribution in [0.5, 0.6) is 0 Å². The van der Waals surface area contributed by atoms with E-state index in [2.05, 4.69) is 56.4 Å². The second-order valence-corrected chi connectivity index (χ2v) is 17.1. The van der Waals surface area contributed by atoms with Crippen molar-refractivity contribution in [2.45, 2.75) is 173 Å². The molecular formula is C44H78NO9P. The van der Waals surface area contributed by atoms with Crippen LogP contribution in [0.2, 0.25) is 0 Å². The molecule has 0 N–H and O–H groups in total. The molecular weight excluding hydrogens is 717 g/mol. The summed E-state index contributed by atoms with van der Waals surface area (Å²) in [7, 11) is 1.12. The number of hydrogen-bond donors (Lipinski definition) is 0. The topological polar surface area (TPSA) is 124 Å². The van der Waals surface area contributed by atoms with E-state index in [0.717, 1.165) is 51.4 Å². The Kier molecular flexibility index (Phi) is 30.5. The van der Waals surface area contributed by atoms with Gasteiger partial charge in [-0.25, -0.2) is 0 Å². The summed E-state index contributed by atoms with van der Waals surface area (Å²) in [5, 5.41) is 0. The quantitative estimate of drug-likeness (QED) is 0.0151. The lowest BCUT2D eigenvalue weighted by Gasteiger charge is -2.28. The molecule has 0 saturated carbocycles. The summed E-state index contributed by atoms with van der Waals surface area (Å²) in [6.07, 6.45) is 39.1. The van der Waals surface area contributed by atoms with Crippen molar-refractivity contribution in [2.24, 2.45) is 0 Å². The van der Waals surface area contributed by atoms with E-state index in [0.29, 0.717) is 36.1 Å². The molecule has 318 valence electrons. The van der Waals surface area contributed by atoms with Crippen LogP contribution < -0.4 is 4.89 Å². The molecule has 55 heavy (non-hydrogen) atoms. The number of hydrogen-bond acceptors (Lipinski definition) is 9. The number of likely N-dealkylation sites (N-methyl/N-ethyl adjacent to an activating group) is 1. The number of carbonyl (C=O) groups excluding carboxylic acids is 2. The summed E-state index contributed by atoms with van der Waals surface area (Å²) in [6, 6.07) is 0. The Bertz CT molecular complexity index is 1150. The van der Waals surface area contributed by atoms with Crippen molar-refractivity contribution in [3.05, 3.63) is 48.6 Å². The van der Waals surface area contributed by atoms with Crippen LogP contribution >= 0.6 is 7.82 Å². The maximum absolute atomic E-state index is 12.6. The first-order valence-electron chi connectivity index (χ1n) is 21.5. The lowest BCUT2D eigenvalue weighted by molar-refractivity contribution is -0.870. The highest BCUT2D eigenvalue weighted by atomic mass is 31.2. The van der Waals surface area contributed by atoms with Gasteiger partial charge in [0.1, 0.15) is 19.8 Å². The molecule has 1 unspecified atom stereocenters. The number of quaternary nitrogens is 1. The molecule has 4 atom stereocenters. The summed E-state index contributed by atoms with van der Waals surface area (Å²) in [6.45, 7) is 4.05. The van der Waals surface area contributed by atoms with Crippen molar-refractivity contribution in [3.63, 3.8) is 0 Å². The average Bonchev–Trinajstić information content (AvgIpc) is 3.91. The molecule has 0 amide bonds. The van der Waals surface area contributed by atoms with Gasteiger partial charge in [0.25, 0.3) is 7.82 Å². The predicted molar refractivity (Wildman–Crippen MR) is 221 cm³/mol. The molecule has 11 heteroatoms. The number of unbranched alkanes of at least 4 members (excludes halogenated alkanes) is 13. The van der Waals surface area contributed by atoms with Gasteiger partial charge in [-0.3, -0.25) is 14.2 Å². The van der Waals surface area contributed by atoms with Crippen LogP contribution in [0.25, 0.3) is 0 Å². The first kappa shape index (κ1) is 50.9. The number of allylic oxidation sites excluding steroid dienone is 7. The van der Waals surface area contributed by atoms with E-state index in [1.54, 1.807) is 0 Å². The minimum Gasteiger partial charge on any atom is -0.756 e. The van der Waals surface area contributed by atoms with Gasteiger partial charge in [-0.15, -0.1) is 0 Å². The van der Waals surface area contributed by atoms with E-state index >= 15 is 0 Å². The van der Waals surface area contributed by atoms with Crippen molar-refractivity contribution < 1.29 is 46.8 Å². The minimum atomic E-state index is -4.64. The normalized spacial score (nSPS) is 17.8. The average molecular weight is 796 g/mol. The molecule has 1 saturated heterocycles. The van der Waals surface area contributed by atoms with Crippen molar-refractivity contribution >= 4 is 19.8 Å². The lowest BCUT2D eigenvalue weighted by Crippen LogP contribution is -2.37. The third kappa shape index (κ3) is 33.8. The van der Waals surface area contributed by atoms with Gasteiger partial charge in [-0.2, -0.15) is 0 Å². The van der Waals surface area contributed by atoms with Gasteiger partial charge in [0.05, 0.1) is 40.0 Å². The highest BCUT2D eigenvalue weighted by molar-refractivity contribution is 7.45. The Labute approximate surface area is 335 Å². The van der Waals surface area contributed by atoms with Gasteiger partial charge in [0.15, 0.2) is 6.10 Å². The molecule has 1 aliphatic rings. The van der Waals surface area contributed by atoms with Crippen LogP contribution in [-0.4, -0.2) is 82.2 Å². The molecule has 0 aliphatic carbocycles. The molecule has 0 aromatic heterocycles. The Hall–Kier alpha value is -2.07. The summed E-state index contributed by atoms with van der Waals surface area (Å²) in [5.74, 6) is -0.907. The van der Waals surface area contributed by atoms with Crippen LogP contribution in [0, 0.1) is 0 Å². The Morgan fingerprint density at radius 3 is 1.75 bits per heavy atom. The SMILES string of the molecule is CCCCCCCCCCCCCCCC(=O)OC[C@H](COP(=O)([O-])OCC[N+](C)(C)C)OC(=O)CCC/C=C\C/C=C\C/C=C\C/C=C\C[C@H]1O[C@H]1CC. The van der Waals surface area contributed by atoms with Crippen LogP contribution in [0.1, 0.15) is 155 Å². The van der Waals surface area contributed by atoms with Crippen LogP contribution in [0.15, 0.2) is 48.6 Å². The number of nitrogens with zero attached hydrogens (tertiary/aromatic N) is 1. The molecule has 1 fully saturated rings. The van der Waals surface area contributed by atoms with Crippen molar-refractivity contribution in [1.82, 2.24) is 0 Å². The molecule has 1 rings (SSSR count). The second kappa shape index (κ2) is 33.0. The summed E-state index contributed by atoms with van der Waals surface area (Å²) >= 11 is 0. The van der Waals surface area contributed by atoms with Crippen molar-refractivity contribution in [1.29, 1.82) is 0 Å².